The van der Waals surface area contributed by atoms with Gasteiger partial charge in [-0.3, -0.25) is 4.68 Å². The standard InChI is InChI=1S/C37H30N4O2.Pt/c1-24(2)31-13-7-9-25(3)37(31)26-22-39-40(23-26)27-10-8-11-29(19-27)43-30-15-16-33-32-12-5-6-14-34(32)41(35(33)20-30)36-21-28(42-4)17-18-38-36;/h5-18,21-24H,1-4H3;/q-2;+2. The molecular weight excluding hydrogens is 728 g/mol. The number of aryl methyl sites for hydroxylation is 1. The van der Waals surface area contributed by atoms with Crippen LogP contribution in [0.4, 0.5) is 0 Å². The van der Waals surface area contributed by atoms with Gasteiger partial charge in [0, 0.05) is 41.0 Å². The molecule has 0 aliphatic rings. The van der Waals surface area contributed by atoms with Crippen molar-refractivity contribution in [3.8, 4) is 39.9 Å². The Morgan fingerprint density at radius 2 is 1.66 bits per heavy atom. The van der Waals surface area contributed by atoms with Crippen molar-refractivity contribution in [2.24, 2.45) is 0 Å². The van der Waals surface area contributed by atoms with Crippen LogP contribution in [0, 0.1) is 19.1 Å². The second kappa shape index (κ2) is 12.1. The van der Waals surface area contributed by atoms with Crippen molar-refractivity contribution >= 4 is 21.8 Å². The Kier molecular flexibility index (Phi) is 8.11. The zero-order valence-corrected chi connectivity index (χ0v) is 27.1. The molecule has 7 rings (SSSR count). The third kappa shape index (κ3) is 5.31. The summed E-state index contributed by atoms with van der Waals surface area (Å²) in [6, 6.07) is 35.2. The summed E-state index contributed by atoms with van der Waals surface area (Å²) in [4.78, 5) is 4.64. The molecule has 0 fully saturated rings. The van der Waals surface area contributed by atoms with E-state index in [1.54, 1.807) is 13.3 Å². The van der Waals surface area contributed by atoms with Crippen LogP contribution in [0.15, 0.2) is 104 Å². The van der Waals surface area contributed by atoms with Gasteiger partial charge in [-0.05, 0) is 52.7 Å². The maximum Gasteiger partial charge on any atom is 2.00 e. The summed E-state index contributed by atoms with van der Waals surface area (Å²) < 4.78 is 15.7. The van der Waals surface area contributed by atoms with Crippen molar-refractivity contribution in [2.75, 3.05) is 7.11 Å². The minimum absolute atomic E-state index is 0. The molecule has 4 aromatic carbocycles. The molecule has 0 saturated heterocycles. The van der Waals surface area contributed by atoms with Gasteiger partial charge in [-0.25, -0.2) is 4.98 Å². The summed E-state index contributed by atoms with van der Waals surface area (Å²) in [5.41, 5.74) is 7.56. The zero-order chi connectivity index (χ0) is 29.5. The molecule has 7 heteroatoms. The Balaban J connectivity index is 0.00000343. The molecule has 7 aromatic rings. The Morgan fingerprint density at radius 1 is 0.841 bits per heavy atom. The van der Waals surface area contributed by atoms with E-state index in [4.69, 9.17) is 9.47 Å². The van der Waals surface area contributed by atoms with Crippen LogP contribution < -0.4 is 9.47 Å². The van der Waals surface area contributed by atoms with Crippen LogP contribution in [-0.2, 0) is 21.1 Å². The molecule has 0 amide bonds. The van der Waals surface area contributed by atoms with Crippen molar-refractivity contribution in [1.29, 1.82) is 0 Å². The van der Waals surface area contributed by atoms with Crippen LogP contribution in [0.2, 0.25) is 0 Å². The van der Waals surface area contributed by atoms with Crippen LogP contribution >= 0.6 is 0 Å². The van der Waals surface area contributed by atoms with E-state index >= 15 is 0 Å². The quantitative estimate of drug-likeness (QED) is 0.153. The number of pyridine rings is 1. The normalized spacial score (nSPS) is 11.2. The van der Waals surface area contributed by atoms with E-state index in [1.807, 2.05) is 59.4 Å². The maximum atomic E-state index is 6.33. The molecule has 0 aliphatic heterocycles. The van der Waals surface area contributed by atoms with E-state index in [0.717, 1.165) is 44.6 Å². The molecule has 0 N–H and O–H groups in total. The molecule has 0 saturated carbocycles. The fraction of sp³-hybridized carbons (Fsp3) is 0.135. The molecule has 0 bridgehead atoms. The minimum Gasteiger partial charge on any atom is -0.509 e. The molecule has 3 heterocycles. The maximum absolute atomic E-state index is 6.33. The molecular formula is C37H30N4O2Pt. The average molecular weight is 758 g/mol. The Bertz CT molecular complexity index is 2110. The van der Waals surface area contributed by atoms with E-state index in [2.05, 4.69) is 90.1 Å². The molecule has 0 aliphatic carbocycles. The second-order valence-corrected chi connectivity index (χ2v) is 10.9. The van der Waals surface area contributed by atoms with Gasteiger partial charge < -0.3 is 14.0 Å². The number of aromatic nitrogens is 4. The Morgan fingerprint density at radius 3 is 2.50 bits per heavy atom. The fourth-order valence-corrected chi connectivity index (χ4v) is 5.72. The van der Waals surface area contributed by atoms with Gasteiger partial charge in [0.15, 0.2) is 0 Å². The van der Waals surface area contributed by atoms with Gasteiger partial charge in [-0.15, -0.1) is 35.7 Å². The van der Waals surface area contributed by atoms with Crippen LogP contribution in [0.5, 0.6) is 17.2 Å². The first-order valence-corrected chi connectivity index (χ1v) is 14.3. The predicted octanol–water partition coefficient (Wildman–Crippen LogP) is 8.86. The molecule has 3 aromatic heterocycles. The van der Waals surface area contributed by atoms with Crippen molar-refractivity contribution in [3.05, 3.63) is 127 Å². The number of para-hydroxylation sites is 1. The molecule has 0 spiro atoms. The SMILES string of the molecule is COc1ccnc(-n2c3[c-]c(Oc4[c-]c(-n5cc(-c6c(C)cccc6C(C)C)cn5)ccc4)ccc3c3ccccc32)c1.[Pt+2]. The van der Waals surface area contributed by atoms with Gasteiger partial charge in [0.2, 0.25) is 0 Å². The first-order chi connectivity index (χ1) is 21.0. The number of nitrogens with zero attached hydrogens (tertiary/aromatic N) is 4. The first kappa shape index (κ1) is 29.4. The Hall–Kier alpha value is -4.67. The minimum atomic E-state index is 0. The smallest absolute Gasteiger partial charge is 0.509 e. The van der Waals surface area contributed by atoms with Gasteiger partial charge in [0.25, 0.3) is 0 Å². The fourth-order valence-electron chi connectivity index (χ4n) is 5.72. The number of benzene rings is 4. The number of hydrogen-bond donors (Lipinski definition) is 0. The predicted molar refractivity (Wildman–Crippen MR) is 171 cm³/mol. The monoisotopic (exact) mass is 757 g/mol. The van der Waals surface area contributed by atoms with Crippen molar-refractivity contribution in [1.82, 2.24) is 19.3 Å². The molecule has 6 nitrogen and oxygen atoms in total. The van der Waals surface area contributed by atoms with Crippen molar-refractivity contribution < 1.29 is 30.5 Å². The largest absolute Gasteiger partial charge is 2.00 e. The van der Waals surface area contributed by atoms with E-state index in [1.165, 1.54) is 16.7 Å². The van der Waals surface area contributed by atoms with Gasteiger partial charge in [-0.1, -0.05) is 55.8 Å². The number of hydrogen-bond acceptors (Lipinski definition) is 4. The molecule has 0 atom stereocenters. The van der Waals surface area contributed by atoms with Gasteiger partial charge in [0.1, 0.15) is 11.6 Å². The van der Waals surface area contributed by atoms with E-state index in [9.17, 15) is 0 Å². The zero-order valence-electron chi connectivity index (χ0n) is 24.8. The van der Waals surface area contributed by atoms with E-state index < -0.39 is 0 Å². The number of methoxy groups -OCH3 is 1. The van der Waals surface area contributed by atoms with Crippen LogP contribution in [0.3, 0.4) is 0 Å². The van der Waals surface area contributed by atoms with Gasteiger partial charge >= 0.3 is 21.1 Å². The average Bonchev–Trinajstić information content (AvgIpc) is 3.64. The van der Waals surface area contributed by atoms with Crippen LogP contribution in [0.25, 0.3) is 44.4 Å². The molecule has 0 unspecified atom stereocenters. The van der Waals surface area contributed by atoms with E-state index in [-0.39, 0.29) is 21.1 Å². The number of ether oxygens (including phenoxy) is 2. The summed E-state index contributed by atoms with van der Waals surface area (Å²) in [6.45, 7) is 6.59. The second-order valence-electron chi connectivity index (χ2n) is 10.9. The number of fused-ring (bicyclic) bond motifs is 3. The first-order valence-electron chi connectivity index (χ1n) is 14.3. The molecule has 44 heavy (non-hydrogen) atoms. The summed E-state index contributed by atoms with van der Waals surface area (Å²) in [6.07, 6.45) is 5.73. The topological polar surface area (TPSA) is 54.1 Å². The van der Waals surface area contributed by atoms with Crippen LogP contribution in [0.1, 0.15) is 30.9 Å². The summed E-state index contributed by atoms with van der Waals surface area (Å²) in [5.74, 6) is 3.05. The van der Waals surface area contributed by atoms with Gasteiger partial charge in [0.05, 0.1) is 13.3 Å². The van der Waals surface area contributed by atoms with Crippen molar-refractivity contribution in [2.45, 2.75) is 26.7 Å². The summed E-state index contributed by atoms with van der Waals surface area (Å²) >= 11 is 0. The summed E-state index contributed by atoms with van der Waals surface area (Å²) in [7, 11) is 1.66. The molecule has 0 radical (unpaired) electrons. The van der Waals surface area contributed by atoms with Crippen molar-refractivity contribution in [3.63, 3.8) is 0 Å². The Labute approximate surface area is 271 Å². The van der Waals surface area contributed by atoms with E-state index in [0.29, 0.717) is 17.4 Å². The third-order valence-corrected chi connectivity index (χ3v) is 7.76. The third-order valence-electron chi connectivity index (χ3n) is 7.76. The summed E-state index contributed by atoms with van der Waals surface area (Å²) in [5, 5.41) is 6.85. The van der Waals surface area contributed by atoms with Crippen LogP contribution in [-0.4, -0.2) is 26.4 Å². The molecule has 220 valence electrons. The number of rotatable bonds is 7. The van der Waals surface area contributed by atoms with Gasteiger partial charge in [-0.2, -0.15) is 17.2 Å².